The van der Waals surface area contributed by atoms with Crippen molar-refractivity contribution < 1.29 is 9.53 Å². The van der Waals surface area contributed by atoms with E-state index in [0.717, 1.165) is 19.5 Å². The maximum atomic E-state index is 12.3. The normalized spacial score (nSPS) is 20.1. The Hall–Kier alpha value is -1.58. The monoisotopic (exact) mass is 234 g/mol. The second-order valence-corrected chi connectivity index (χ2v) is 4.59. The summed E-state index contributed by atoms with van der Waals surface area (Å²) in [5.74, 6) is 1.16. The minimum atomic E-state index is 0.0808. The average Bonchev–Trinajstić information content (AvgIpc) is 2.38. The Morgan fingerprint density at radius 1 is 1.59 bits per heavy atom. The molecule has 1 amide bonds. The molecule has 1 aliphatic rings. The first kappa shape index (κ1) is 11.9. The molecule has 2 rings (SSSR count). The number of hydrogen-bond donors (Lipinski definition) is 0. The van der Waals surface area contributed by atoms with Gasteiger partial charge >= 0.3 is 0 Å². The van der Waals surface area contributed by atoms with Crippen LogP contribution in [-0.2, 0) is 0 Å². The molecule has 92 valence electrons. The lowest BCUT2D eigenvalue weighted by molar-refractivity contribution is 0.0682. The van der Waals surface area contributed by atoms with E-state index in [2.05, 4.69) is 11.9 Å². The van der Waals surface area contributed by atoms with Gasteiger partial charge in [0.1, 0.15) is 0 Å². The van der Waals surface area contributed by atoms with Crippen LogP contribution in [0.5, 0.6) is 5.88 Å². The van der Waals surface area contributed by atoms with Gasteiger partial charge in [0.2, 0.25) is 5.88 Å². The van der Waals surface area contributed by atoms with Gasteiger partial charge in [0.25, 0.3) is 5.91 Å². The first-order valence-corrected chi connectivity index (χ1v) is 6.00. The Kier molecular flexibility index (Phi) is 3.61. The quantitative estimate of drug-likeness (QED) is 0.785. The third-order valence-corrected chi connectivity index (χ3v) is 3.14. The molecule has 1 atom stereocenters. The molecular weight excluding hydrogens is 216 g/mol. The number of nitrogens with zero attached hydrogens (tertiary/aromatic N) is 2. The van der Waals surface area contributed by atoms with Gasteiger partial charge in [-0.25, -0.2) is 4.98 Å². The summed E-state index contributed by atoms with van der Waals surface area (Å²) >= 11 is 0. The molecular formula is C13H18N2O2. The lowest BCUT2D eigenvalue weighted by Crippen LogP contribution is -2.39. The van der Waals surface area contributed by atoms with Crippen molar-refractivity contribution in [3.63, 3.8) is 0 Å². The minimum Gasteiger partial charge on any atom is -0.481 e. The number of ether oxygens (including phenoxy) is 1. The number of aromatic nitrogens is 1. The zero-order valence-electron chi connectivity index (χ0n) is 10.3. The van der Waals surface area contributed by atoms with E-state index in [4.69, 9.17) is 4.74 Å². The standard InChI is InChI=1S/C13H18N2O2/c1-10-4-3-7-15(9-10)13(16)11-5-6-14-12(8-11)17-2/h5-6,8,10H,3-4,7,9H2,1-2H3. The van der Waals surface area contributed by atoms with Gasteiger partial charge in [-0.2, -0.15) is 0 Å². The number of methoxy groups -OCH3 is 1. The fourth-order valence-electron chi connectivity index (χ4n) is 2.21. The predicted octanol–water partition coefficient (Wildman–Crippen LogP) is 1.96. The van der Waals surface area contributed by atoms with Crippen molar-refractivity contribution in [2.45, 2.75) is 19.8 Å². The van der Waals surface area contributed by atoms with E-state index in [-0.39, 0.29) is 5.91 Å². The molecule has 0 bridgehead atoms. The molecule has 0 aliphatic carbocycles. The summed E-state index contributed by atoms with van der Waals surface area (Å²) in [5.41, 5.74) is 0.658. The Bertz CT molecular complexity index is 406. The van der Waals surface area contributed by atoms with Crippen LogP contribution in [0.25, 0.3) is 0 Å². The molecule has 2 heterocycles. The highest BCUT2D eigenvalue weighted by Crippen LogP contribution is 2.18. The Labute approximate surface area is 102 Å². The summed E-state index contributed by atoms with van der Waals surface area (Å²) in [5, 5.41) is 0. The molecule has 1 aromatic heterocycles. The van der Waals surface area contributed by atoms with Crippen LogP contribution in [0, 0.1) is 5.92 Å². The number of carbonyl (C=O) groups is 1. The number of hydrogen-bond acceptors (Lipinski definition) is 3. The van der Waals surface area contributed by atoms with Crippen LogP contribution in [-0.4, -0.2) is 36.0 Å². The van der Waals surface area contributed by atoms with Gasteiger partial charge in [-0.1, -0.05) is 6.92 Å². The fourth-order valence-corrected chi connectivity index (χ4v) is 2.21. The minimum absolute atomic E-state index is 0.0808. The lowest BCUT2D eigenvalue weighted by atomic mass is 10.00. The number of pyridine rings is 1. The summed E-state index contributed by atoms with van der Waals surface area (Å²) < 4.78 is 5.03. The molecule has 0 spiro atoms. The van der Waals surface area contributed by atoms with Crippen LogP contribution in [0.3, 0.4) is 0 Å². The average molecular weight is 234 g/mol. The molecule has 1 aliphatic heterocycles. The fraction of sp³-hybridized carbons (Fsp3) is 0.538. The van der Waals surface area contributed by atoms with E-state index in [0.29, 0.717) is 17.4 Å². The van der Waals surface area contributed by atoms with Crippen molar-refractivity contribution in [1.82, 2.24) is 9.88 Å². The zero-order valence-corrected chi connectivity index (χ0v) is 10.3. The van der Waals surface area contributed by atoms with Crippen molar-refractivity contribution in [3.8, 4) is 5.88 Å². The third kappa shape index (κ3) is 2.75. The Balaban J connectivity index is 2.12. The van der Waals surface area contributed by atoms with Crippen LogP contribution < -0.4 is 4.74 Å². The summed E-state index contributed by atoms with van der Waals surface area (Å²) in [4.78, 5) is 18.2. The van der Waals surface area contributed by atoms with Gasteiger partial charge in [0.15, 0.2) is 0 Å². The molecule has 1 aromatic rings. The van der Waals surface area contributed by atoms with Gasteiger partial charge in [-0.05, 0) is 24.8 Å². The van der Waals surface area contributed by atoms with Crippen molar-refractivity contribution >= 4 is 5.91 Å². The molecule has 0 saturated carbocycles. The van der Waals surface area contributed by atoms with Crippen LogP contribution in [0.4, 0.5) is 0 Å². The highest BCUT2D eigenvalue weighted by molar-refractivity contribution is 5.94. The van der Waals surface area contributed by atoms with Crippen LogP contribution in [0.1, 0.15) is 30.1 Å². The Morgan fingerprint density at radius 3 is 3.12 bits per heavy atom. The van der Waals surface area contributed by atoms with Gasteiger partial charge in [-0.3, -0.25) is 4.79 Å². The molecule has 0 N–H and O–H groups in total. The smallest absolute Gasteiger partial charge is 0.254 e. The number of likely N-dealkylation sites (tertiary alicyclic amines) is 1. The largest absolute Gasteiger partial charge is 0.481 e. The molecule has 17 heavy (non-hydrogen) atoms. The second-order valence-electron chi connectivity index (χ2n) is 4.59. The van der Waals surface area contributed by atoms with E-state index >= 15 is 0 Å². The highest BCUT2D eigenvalue weighted by atomic mass is 16.5. The van der Waals surface area contributed by atoms with Crippen molar-refractivity contribution in [3.05, 3.63) is 23.9 Å². The van der Waals surface area contributed by atoms with Crippen LogP contribution in [0.15, 0.2) is 18.3 Å². The SMILES string of the molecule is COc1cc(C(=O)N2CCCC(C)C2)ccn1. The van der Waals surface area contributed by atoms with E-state index in [1.165, 1.54) is 6.42 Å². The van der Waals surface area contributed by atoms with Crippen molar-refractivity contribution in [2.75, 3.05) is 20.2 Å². The summed E-state index contributed by atoms with van der Waals surface area (Å²) in [6.45, 7) is 3.89. The molecule has 1 unspecified atom stereocenters. The number of rotatable bonds is 2. The second kappa shape index (κ2) is 5.17. The topological polar surface area (TPSA) is 42.4 Å². The summed E-state index contributed by atoms with van der Waals surface area (Å²) in [6, 6.07) is 3.44. The first-order chi connectivity index (χ1) is 8.20. The van der Waals surface area contributed by atoms with Gasteiger partial charge in [0.05, 0.1) is 7.11 Å². The lowest BCUT2D eigenvalue weighted by Gasteiger charge is -2.31. The summed E-state index contributed by atoms with van der Waals surface area (Å²) in [6.07, 6.45) is 3.91. The number of amides is 1. The molecule has 4 nitrogen and oxygen atoms in total. The first-order valence-electron chi connectivity index (χ1n) is 6.00. The van der Waals surface area contributed by atoms with Crippen molar-refractivity contribution in [2.24, 2.45) is 5.92 Å². The van der Waals surface area contributed by atoms with E-state index in [1.807, 2.05) is 4.90 Å². The number of carbonyl (C=O) groups excluding carboxylic acids is 1. The molecule has 1 fully saturated rings. The van der Waals surface area contributed by atoms with Crippen molar-refractivity contribution in [1.29, 1.82) is 0 Å². The van der Waals surface area contributed by atoms with Crippen LogP contribution >= 0.6 is 0 Å². The third-order valence-electron chi connectivity index (χ3n) is 3.14. The van der Waals surface area contributed by atoms with Gasteiger partial charge < -0.3 is 9.64 Å². The molecule has 0 radical (unpaired) electrons. The Morgan fingerprint density at radius 2 is 2.41 bits per heavy atom. The molecule has 1 saturated heterocycles. The van der Waals surface area contributed by atoms with E-state index in [9.17, 15) is 4.79 Å². The van der Waals surface area contributed by atoms with E-state index in [1.54, 1.807) is 25.4 Å². The molecule has 0 aromatic carbocycles. The summed E-state index contributed by atoms with van der Waals surface area (Å²) in [7, 11) is 1.56. The van der Waals surface area contributed by atoms with Crippen LogP contribution in [0.2, 0.25) is 0 Å². The maximum Gasteiger partial charge on any atom is 0.254 e. The predicted molar refractivity (Wildman–Crippen MR) is 65.1 cm³/mol. The highest BCUT2D eigenvalue weighted by Gasteiger charge is 2.22. The van der Waals surface area contributed by atoms with E-state index < -0.39 is 0 Å². The maximum absolute atomic E-state index is 12.3. The zero-order chi connectivity index (χ0) is 12.3. The molecule has 4 heteroatoms. The number of piperidine rings is 1. The van der Waals surface area contributed by atoms with Gasteiger partial charge in [0, 0.05) is 30.9 Å². The van der Waals surface area contributed by atoms with Gasteiger partial charge in [-0.15, -0.1) is 0 Å².